The van der Waals surface area contributed by atoms with Crippen molar-refractivity contribution in [1.29, 1.82) is 0 Å². The summed E-state index contributed by atoms with van der Waals surface area (Å²) in [5.41, 5.74) is -0.686. The predicted octanol–water partition coefficient (Wildman–Crippen LogP) is 2.02. The first-order valence-corrected chi connectivity index (χ1v) is 10.7. The van der Waals surface area contributed by atoms with Crippen LogP contribution in [-0.2, 0) is 19.6 Å². The molecule has 0 aliphatic rings. The summed E-state index contributed by atoms with van der Waals surface area (Å²) in [4.78, 5) is 21.6. The maximum absolute atomic E-state index is 14.0. The number of aliphatic hydroxyl groups is 1. The third-order valence-electron chi connectivity index (χ3n) is 4.27. The van der Waals surface area contributed by atoms with Gasteiger partial charge in [-0.05, 0) is 25.1 Å². The van der Waals surface area contributed by atoms with E-state index in [9.17, 15) is 45.1 Å². The Morgan fingerprint density at radius 2 is 1.53 bits per heavy atom. The lowest BCUT2D eigenvalue weighted by molar-refractivity contribution is -0.127. The van der Waals surface area contributed by atoms with Crippen LogP contribution < -0.4 is 20.1 Å². The van der Waals surface area contributed by atoms with Gasteiger partial charge in [-0.15, -0.1) is 0 Å². The molecule has 0 aromatic heterocycles. The number of sulfonamides is 1. The molecule has 2 aromatic rings. The summed E-state index contributed by atoms with van der Waals surface area (Å²) in [6, 6.07) is 1.61. The fraction of sp³-hybridized carbons (Fsp3) is 0.263. The number of rotatable bonds is 8. The molecule has 34 heavy (non-hydrogen) atoms. The molecule has 0 saturated carbocycles. The van der Waals surface area contributed by atoms with Crippen LogP contribution in [0.1, 0.15) is 13.8 Å². The van der Waals surface area contributed by atoms with Crippen LogP contribution in [0.2, 0.25) is 0 Å². The standard InChI is InChI=1S/C19H18F5N3O6S/c1-7(28)17(25-8(2)29)19(30)26-10-6-9(4-5-11(10)33-3)27-34(31,32)18-15(23)13(21)12(20)14(22)16(18)24/h4-7,17,27-28H,1-3H3,(H,25,29)(H,26,30)/t7?,17-/m0/s1. The van der Waals surface area contributed by atoms with Gasteiger partial charge in [0.1, 0.15) is 11.8 Å². The molecule has 0 saturated heterocycles. The van der Waals surface area contributed by atoms with Crippen LogP contribution in [0.5, 0.6) is 5.75 Å². The number of methoxy groups -OCH3 is 1. The minimum atomic E-state index is -5.34. The van der Waals surface area contributed by atoms with Gasteiger partial charge in [0.15, 0.2) is 28.2 Å². The van der Waals surface area contributed by atoms with Crippen LogP contribution in [-0.4, -0.2) is 44.6 Å². The summed E-state index contributed by atoms with van der Waals surface area (Å²) in [6.45, 7) is 2.31. The molecular formula is C19H18F5N3O6S. The zero-order chi connectivity index (χ0) is 26.0. The molecule has 2 aromatic carbocycles. The van der Waals surface area contributed by atoms with E-state index in [1.807, 2.05) is 0 Å². The molecule has 0 aliphatic heterocycles. The molecule has 0 aliphatic carbocycles. The lowest BCUT2D eigenvalue weighted by atomic mass is 10.1. The van der Waals surface area contributed by atoms with E-state index in [0.29, 0.717) is 0 Å². The van der Waals surface area contributed by atoms with Gasteiger partial charge < -0.3 is 20.5 Å². The van der Waals surface area contributed by atoms with Gasteiger partial charge in [0.25, 0.3) is 10.0 Å². The van der Waals surface area contributed by atoms with Crippen LogP contribution in [0, 0.1) is 29.1 Å². The van der Waals surface area contributed by atoms with Gasteiger partial charge >= 0.3 is 0 Å². The second-order valence-electron chi connectivity index (χ2n) is 6.83. The highest BCUT2D eigenvalue weighted by molar-refractivity contribution is 7.92. The van der Waals surface area contributed by atoms with Crippen molar-refractivity contribution in [3.8, 4) is 5.75 Å². The van der Waals surface area contributed by atoms with E-state index < -0.39 is 73.7 Å². The molecule has 0 spiro atoms. The number of carbonyl (C=O) groups is 2. The Kier molecular flexibility index (Phi) is 8.05. The highest BCUT2D eigenvalue weighted by atomic mass is 32.2. The van der Waals surface area contributed by atoms with Crippen LogP contribution in [0.25, 0.3) is 0 Å². The van der Waals surface area contributed by atoms with Crippen molar-refractivity contribution in [1.82, 2.24) is 5.32 Å². The zero-order valence-electron chi connectivity index (χ0n) is 17.7. The highest BCUT2D eigenvalue weighted by Gasteiger charge is 2.34. The number of anilines is 2. The minimum absolute atomic E-state index is 0.0419. The van der Waals surface area contributed by atoms with E-state index in [0.717, 1.165) is 25.1 Å². The van der Waals surface area contributed by atoms with E-state index in [4.69, 9.17) is 4.74 Å². The van der Waals surface area contributed by atoms with Crippen molar-refractivity contribution < 1.29 is 49.8 Å². The van der Waals surface area contributed by atoms with E-state index in [1.165, 1.54) is 14.0 Å². The van der Waals surface area contributed by atoms with Crippen molar-refractivity contribution in [2.24, 2.45) is 0 Å². The molecule has 2 rings (SSSR count). The summed E-state index contributed by atoms with van der Waals surface area (Å²) in [5, 5.41) is 14.2. The monoisotopic (exact) mass is 511 g/mol. The maximum Gasteiger partial charge on any atom is 0.267 e. The first kappa shape index (κ1) is 26.8. The number of hydrogen-bond donors (Lipinski definition) is 4. The van der Waals surface area contributed by atoms with Gasteiger partial charge in [-0.1, -0.05) is 0 Å². The Morgan fingerprint density at radius 1 is 1.00 bits per heavy atom. The number of halogens is 5. The van der Waals surface area contributed by atoms with Crippen molar-refractivity contribution in [2.45, 2.75) is 30.9 Å². The van der Waals surface area contributed by atoms with Gasteiger partial charge in [-0.2, -0.15) is 0 Å². The maximum atomic E-state index is 14.0. The fourth-order valence-electron chi connectivity index (χ4n) is 2.73. The summed E-state index contributed by atoms with van der Waals surface area (Å²) in [7, 11) is -4.16. The third-order valence-corrected chi connectivity index (χ3v) is 5.67. The van der Waals surface area contributed by atoms with E-state index in [1.54, 1.807) is 4.72 Å². The fourth-order valence-corrected chi connectivity index (χ4v) is 3.92. The molecule has 0 fully saturated rings. The summed E-state index contributed by atoms with van der Waals surface area (Å²) in [5.74, 6) is -14.2. The number of amides is 2. The average molecular weight is 511 g/mol. The predicted molar refractivity (Wildman–Crippen MR) is 108 cm³/mol. The molecule has 15 heteroatoms. The Hall–Kier alpha value is -3.46. The van der Waals surface area contributed by atoms with Crippen LogP contribution >= 0.6 is 0 Å². The first-order valence-electron chi connectivity index (χ1n) is 9.19. The van der Waals surface area contributed by atoms with Gasteiger partial charge in [-0.3, -0.25) is 14.3 Å². The Labute approximate surface area is 190 Å². The van der Waals surface area contributed by atoms with Crippen molar-refractivity contribution in [2.75, 3.05) is 17.1 Å². The van der Waals surface area contributed by atoms with E-state index in [2.05, 4.69) is 10.6 Å². The van der Waals surface area contributed by atoms with Crippen molar-refractivity contribution >= 4 is 33.2 Å². The molecule has 2 amide bonds. The topological polar surface area (TPSA) is 134 Å². The quantitative estimate of drug-likeness (QED) is 0.244. The second kappa shape index (κ2) is 10.2. The van der Waals surface area contributed by atoms with Crippen molar-refractivity contribution in [3.63, 3.8) is 0 Å². The van der Waals surface area contributed by atoms with Gasteiger partial charge in [-0.25, -0.2) is 30.4 Å². The molecule has 0 radical (unpaired) electrons. The zero-order valence-corrected chi connectivity index (χ0v) is 18.5. The first-order chi connectivity index (χ1) is 15.7. The highest BCUT2D eigenvalue weighted by Crippen LogP contribution is 2.31. The summed E-state index contributed by atoms with van der Waals surface area (Å²) < 4.78 is 99.5. The SMILES string of the molecule is COc1ccc(NS(=O)(=O)c2c(F)c(F)c(F)c(F)c2F)cc1NC(=O)[C@@H](NC(C)=O)C(C)O. The molecule has 1 unspecified atom stereocenters. The Bertz CT molecular complexity index is 1210. The minimum Gasteiger partial charge on any atom is -0.495 e. The Balaban J connectivity index is 2.45. The lowest BCUT2D eigenvalue weighted by Gasteiger charge is -2.21. The normalized spacial score (nSPS) is 13.1. The van der Waals surface area contributed by atoms with Gasteiger partial charge in [0, 0.05) is 6.92 Å². The van der Waals surface area contributed by atoms with Gasteiger partial charge in [0.05, 0.1) is 24.6 Å². The number of ether oxygens (including phenoxy) is 1. The number of benzene rings is 2. The number of carbonyl (C=O) groups excluding carboxylic acids is 2. The average Bonchev–Trinajstić information content (AvgIpc) is 2.74. The smallest absolute Gasteiger partial charge is 0.267 e. The molecule has 4 N–H and O–H groups in total. The van der Waals surface area contributed by atoms with Crippen LogP contribution in [0.3, 0.4) is 0 Å². The van der Waals surface area contributed by atoms with E-state index in [-0.39, 0.29) is 11.4 Å². The molecular weight excluding hydrogens is 493 g/mol. The Morgan fingerprint density at radius 3 is 2.00 bits per heavy atom. The molecule has 186 valence electrons. The van der Waals surface area contributed by atoms with E-state index >= 15 is 0 Å². The largest absolute Gasteiger partial charge is 0.495 e. The molecule has 2 atom stereocenters. The number of hydrogen-bond acceptors (Lipinski definition) is 6. The van der Waals surface area contributed by atoms with Gasteiger partial charge in [0.2, 0.25) is 17.6 Å². The number of nitrogens with one attached hydrogen (secondary N) is 3. The molecule has 9 nitrogen and oxygen atoms in total. The number of aliphatic hydroxyl groups excluding tert-OH is 1. The lowest BCUT2D eigenvalue weighted by Crippen LogP contribution is -2.49. The summed E-state index contributed by atoms with van der Waals surface area (Å²) in [6.07, 6.45) is -1.34. The van der Waals surface area contributed by atoms with Crippen LogP contribution in [0.4, 0.5) is 33.3 Å². The third kappa shape index (κ3) is 5.53. The van der Waals surface area contributed by atoms with Crippen molar-refractivity contribution in [3.05, 3.63) is 47.3 Å². The second-order valence-corrected chi connectivity index (χ2v) is 8.45. The van der Waals surface area contributed by atoms with Crippen LogP contribution in [0.15, 0.2) is 23.1 Å². The summed E-state index contributed by atoms with van der Waals surface area (Å²) >= 11 is 0. The molecule has 0 heterocycles. The molecule has 0 bridgehead atoms.